The number of aromatic nitrogens is 1. The summed E-state index contributed by atoms with van der Waals surface area (Å²) in [5.74, 6) is -2.95. The monoisotopic (exact) mass is 542 g/mol. The first-order valence-corrected chi connectivity index (χ1v) is 11.6. The zero-order valence-corrected chi connectivity index (χ0v) is 20.3. The Hall–Kier alpha value is -3.04. The van der Waals surface area contributed by atoms with E-state index < -0.39 is 30.4 Å². The van der Waals surface area contributed by atoms with Crippen LogP contribution in [0.15, 0.2) is 48.5 Å². The first-order valence-electron chi connectivity index (χ1n) is 10.9. The molecule has 1 atom stereocenters. The van der Waals surface area contributed by atoms with Crippen LogP contribution in [0.3, 0.4) is 0 Å². The number of carbonyl (C=O) groups excluding carboxylic acids is 1. The number of nitrogens with one attached hydrogen (secondary N) is 1. The zero-order chi connectivity index (χ0) is 26.0. The van der Waals surface area contributed by atoms with E-state index in [0.717, 1.165) is 18.9 Å². The van der Waals surface area contributed by atoms with E-state index in [2.05, 4.69) is 10.3 Å². The lowest BCUT2D eigenvalue weighted by Gasteiger charge is -2.22. The number of pyridine rings is 1. The Bertz CT molecular complexity index is 1280. The minimum atomic E-state index is -4.73. The number of benzene rings is 2. The number of amides is 1. The molecule has 1 amide bonds. The summed E-state index contributed by atoms with van der Waals surface area (Å²) in [7, 11) is 1.33. The number of carbonyl (C=O) groups is 1. The quantitative estimate of drug-likeness (QED) is 0.317. The number of alkyl halides is 3. The van der Waals surface area contributed by atoms with Crippen molar-refractivity contribution in [2.24, 2.45) is 0 Å². The summed E-state index contributed by atoms with van der Waals surface area (Å²) in [6, 6.07) is 10.5. The van der Waals surface area contributed by atoms with E-state index in [9.17, 15) is 22.4 Å². The van der Waals surface area contributed by atoms with E-state index in [-0.39, 0.29) is 44.4 Å². The maximum atomic E-state index is 14.0. The second-order valence-electron chi connectivity index (χ2n) is 8.18. The fraction of sp³-hybridized carbons (Fsp3) is 0.280. The summed E-state index contributed by atoms with van der Waals surface area (Å²) in [5.41, 5.74) is 0.0578. The smallest absolute Gasteiger partial charge is 0.398 e. The number of methoxy groups -OCH3 is 1. The van der Waals surface area contributed by atoms with Crippen LogP contribution in [0.4, 0.5) is 17.6 Å². The molecular weight excluding hydrogens is 523 g/mol. The molecule has 0 aliphatic heterocycles. The molecule has 1 saturated carbocycles. The molecule has 1 fully saturated rings. The zero-order valence-electron chi connectivity index (χ0n) is 18.8. The number of hydrogen-bond donors (Lipinski definition) is 1. The molecule has 0 spiro atoms. The second kappa shape index (κ2) is 10.5. The van der Waals surface area contributed by atoms with Crippen LogP contribution < -0.4 is 14.8 Å². The molecule has 190 valence electrons. The van der Waals surface area contributed by atoms with Gasteiger partial charge in [0.15, 0.2) is 0 Å². The number of halogens is 6. The van der Waals surface area contributed by atoms with Gasteiger partial charge in [-0.3, -0.25) is 4.79 Å². The lowest BCUT2D eigenvalue weighted by atomic mass is 10.0. The Morgan fingerprint density at radius 3 is 2.42 bits per heavy atom. The van der Waals surface area contributed by atoms with Crippen molar-refractivity contribution >= 4 is 29.1 Å². The van der Waals surface area contributed by atoms with Crippen LogP contribution in [0.25, 0.3) is 11.3 Å². The van der Waals surface area contributed by atoms with Gasteiger partial charge in [-0.05, 0) is 61.4 Å². The minimum absolute atomic E-state index is 0.0514. The molecule has 11 heteroatoms. The van der Waals surface area contributed by atoms with E-state index in [0.29, 0.717) is 5.75 Å². The summed E-state index contributed by atoms with van der Waals surface area (Å²) in [5, 5.41) is 2.29. The molecule has 0 radical (unpaired) electrons. The number of nitrogens with zero attached hydrogens (tertiary/aromatic N) is 1. The third-order valence-electron chi connectivity index (χ3n) is 5.52. The van der Waals surface area contributed by atoms with Crippen LogP contribution in [0.2, 0.25) is 10.0 Å². The van der Waals surface area contributed by atoms with Crippen molar-refractivity contribution in [3.8, 4) is 22.8 Å². The molecule has 0 saturated heterocycles. The van der Waals surface area contributed by atoms with E-state index in [1.807, 2.05) is 0 Å². The Balaban J connectivity index is 1.57. The van der Waals surface area contributed by atoms with E-state index in [1.54, 1.807) is 0 Å². The predicted molar refractivity (Wildman–Crippen MR) is 127 cm³/mol. The van der Waals surface area contributed by atoms with Crippen LogP contribution in [-0.4, -0.2) is 36.8 Å². The van der Waals surface area contributed by atoms with Gasteiger partial charge in [0.25, 0.3) is 5.91 Å². The summed E-state index contributed by atoms with van der Waals surface area (Å²) in [4.78, 5) is 16.7. The average Bonchev–Trinajstić information content (AvgIpc) is 3.65. The molecule has 1 N–H and O–H groups in total. The van der Waals surface area contributed by atoms with Gasteiger partial charge in [0.05, 0.1) is 29.0 Å². The highest BCUT2D eigenvalue weighted by molar-refractivity contribution is 6.32. The molecular formula is C25H20Cl2F4N2O3. The summed E-state index contributed by atoms with van der Waals surface area (Å²) in [6.07, 6.45) is -2.78. The molecule has 1 unspecified atom stereocenters. The van der Waals surface area contributed by atoms with Gasteiger partial charge >= 0.3 is 6.18 Å². The normalized spacial score (nSPS) is 14.3. The minimum Gasteiger partial charge on any atom is -0.494 e. The Morgan fingerprint density at radius 1 is 1.08 bits per heavy atom. The number of hydrogen-bond acceptors (Lipinski definition) is 4. The maximum absolute atomic E-state index is 14.0. The van der Waals surface area contributed by atoms with Crippen molar-refractivity contribution in [3.63, 3.8) is 0 Å². The molecule has 36 heavy (non-hydrogen) atoms. The van der Waals surface area contributed by atoms with E-state index in [1.165, 1.54) is 49.6 Å². The molecule has 3 aromatic rings. The van der Waals surface area contributed by atoms with E-state index >= 15 is 0 Å². The van der Waals surface area contributed by atoms with Gasteiger partial charge in [-0.2, -0.15) is 13.2 Å². The summed E-state index contributed by atoms with van der Waals surface area (Å²) < 4.78 is 66.4. The van der Waals surface area contributed by atoms with Gasteiger partial charge < -0.3 is 14.8 Å². The van der Waals surface area contributed by atoms with Crippen molar-refractivity contribution < 1.29 is 31.8 Å². The molecule has 1 aliphatic carbocycles. The average molecular weight is 543 g/mol. The predicted octanol–water partition coefficient (Wildman–Crippen LogP) is 6.82. The molecule has 1 aromatic heterocycles. The summed E-state index contributed by atoms with van der Waals surface area (Å²) >= 11 is 12.0. The SMILES string of the molecule is COc1ccc(C(CNC(=O)c2ccc(OC3CC3)c(Cl)c2)C(F)(F)F)nc1-c1ccc(F)c(Cl)c1. The van der Waals surface area contributed by atoms with Gasteiger partial charge in [-0.25, -0.2) is 9.37 Å². The number of rotatable bonds is 8. The summed E-state index contributed by atoms with van der Waals surface area (Å²) in [6.45, 7) is -0.775. The molecule has 0 bridgehead atoms. The van der Waals surface area contributed by atoms with Gasteiger partial charge in [-0.1, -0.05) is 23.2 Å². The first-order chi connectivity index (χ1) is 17.1. The lowest BCUT2D eigenvalue weighted by molar-refractivity contribution is -0.149. The molecule has 1 heterocycles. The van der Waals surface area contributed by atoms with Crippen LogP contribution in [0.5, 0.6) is 11.5 Å². The van der Waals surface area contributed by atoms with Crippen molar-refractivity contribution in [2.45, 2.75) is 31.0 Å². The van der Waals surface area contributed by atoms with Crippen LogP contribution >= 0.6 is 23.2 Å². The first kappa shape index (κ1) is 26.0. The van der Waals surface area contributed by atoms with Crippen molar-refractivity contribution in [1.82, 2.24) is 10.3 Å². The third kappa shape index (κ3) is 6.02. The van der Waals surface area contributed by atoms with Crippen molar-refractivity contribution in [3.05, 3.63) is 75.7 Å². The Labute approximate surface area is 214 Å². The van der Waals surface area contributed by atoms with Gasteiger partial charge in [-0.15, -0.1) is 0 Å². The highest BCUT2D eigenvalue weighted by atomic mass is 35.5. The highest BCUT2D eigenvalue weighted by Crippen LogP contribution is 2.38. The van der Waals surface area contributed by atoms with Gasteiger partial charge in [0.2, 0.25) is 0 Å². The highest BCUT2D eigenvalue weighted by Gasteiger charge is 2.42. The molecule has 2 aromatic carbocycles. The van der Waals surface area contributed by atoms with Gasteiger partial charge in [0.1, 0.15) is 28.9 Å². The topological polar surface area (TPSA) is 60.5 Å². The van der Waals surface area contributed by atoms with Crippen LogP contribution in [-0.2, 0) is 0 Å². The van der Waals surface area contributed by atoms with E-state index in [4.69, 9.17) is 32.7 Å². The van der Waals surface area contributed by atoms with Crippen molar-refractivity contribution in [2.75, 3.05) is 13.7 Å². The number of ether oxygens (including phenoxy) is 2. The molecule has 4 rings (SSSR count). The largest absolute Gasteiger partial charge is 0.494 e. The standard InChI is InChI=1S/C25H20Cl2F4N2O3/c1-35-22-9-7-20(33-23(22)13-2-6-19(28)17(26)10-13)16(25(29,30)31)12-32-24(34)14-3-8-21(18(27)11-14)36-15-4-5-15/h2-3,6-11,15-16H,4-5,12H2,1H3,(H,32,34). The van der Waals surface area contributed by atoms with Crippen LogP contribution in [0.1, 0.15) is 34.8 Å². The fourth-order valence-electron chi connectivity index (χ4n) is 3.46. The van der Waals surface area contributed by atoms with Crippen molar-refractivity contribution in [1.29, 1.82) is 0 Å². The lowest BCUT2D eigenvalue weighted by Crippen LogP contribution is -2.35. The third-order valence-corrected chi connectivity index (χ3v) is 6.11. The Kier molecular flexibility index (Phi) is 7.61. The molecule has 1 aliphatic rings. The fourth-order valence-corrected chi connectivity index (χ4v) is 3.86. The molecule has 5 nitrogen and oxygen atoms in total. The second-order valence-corrected chi connectivity index (χ2v) is 9.00. The Morgan fingerprint density at radius 2 is 1.81 bits per heavy atom. The van der Waals surface area contributed by atoms with Crippen LogP contribution in [0, 0.1) is 5.82 Å². The van der Waals surface area contributed by atoms with Gasteiger partial charge in [0, 0.05) is 17.7 Å². The maximum Gasteiger partial charge on any atom is 0.398 e.